The number of carbonyl (C=O) groups is 2. The van der Waals surface area contributed by atoms with Crippen LogP contribution in [0.15, 0.2) is 18.2 Å². The van der Waals surface area contributed by atoms with Crippen LogP contribution in [0.3, 0.4) is 0 Å². The van der Waals surface area contributed by atoms with E-state index in [0.29, 0.717) is 13.1 Å². The molecule has 2 saturated heterocycles. The minimum absolute atomic E-state index is 0.0140. The van der Waals surface area contributed by atoms with E-state index in [0.717, 1.165) is 29.9 Å². The third kappa shape index (κ3) is 4.32. The van der Waals surface area contributed by atoms with E-state index in [1.165, 1.54) is 0 Å². The summed E-state index contributed by atoms with van der Waals surface area (Å²) in [5, 5.41) is 9.13. The van der Waals surface area contributed by atoms with Crippen LogP contribution in [-0.4, -0.2) is 53.8 Å². The Morgan fingerprint density at radius 1 is 1.28 bits per heavy atom. The van der Waals surface area contributed by atoms with E-state index >= 15 is 0 Å². The third-order valence-corrected chi connectivity index (χ3v) is 7.31. The molecule has 2 fully saturated rings. The summed E-state index contributed by atoms with van der Waals surface area (Å²) in [6, 6.07) is 5.96. The third-order valence-electron chi connectivity index (χ3n) is 7.31. The number of rotatable bonds is 5. The number of hydrogen-bond donors (Lipinski definition) is 1. The Morgan fingerprint density at radius 3 is 2.72 bits per heavy atom. The Kier molecular flexibility index (Phi) is 5.90. The van der Waals surface area contributed by atoms with Gasteiger partial charge in [0.15, 0.2) is 11.5 Å². The standard InChI is InChI=1S/C25H35NO6/c1-24(2,13-21(28)29)12-20(27)26-10-9-18-15(14-26)11-17-22(31-18)16-7-6-8-19(30-5)23(16)32-25(17,3)4/h6-8,15,17-18,22H,9-14H2,1-5H3,(H,28,29)/t15-,17+,18+,22-/m1/s1. The maximum Gasteiger partial charge on any atom is 0.303 e. The van der Waals surface area contributed by atoms with Gasteiger partial charge in [-0.05, 0) is 38.2 Å². The van der Waals surface area contributed by atoms with Gasteiger partial charge in [0.25, 0.3) is 0 Å². The number of carboxylic acids is 1. The van der Waals surface area contributed by atoms with Gasteiger partial charge in [0.1, 0.15) is 5.60 Å². The van der Waals surface area contributed by atoms with Gasteiger partial charge in [0, 0.05) is 36.9 Å². The molecule has 0 bridgehead atoms. The highest BCUT2D eigenvalue weighted by Gasteiger charge is 2.52. The zero-order valence-corrected chi connectivity index (χ0v) is 19.7. The number of carbonyl (C=O) groups excluding carboxylic acids is 1. The fourth-order valence-corrected chi connectivity index (χ4v) is 5.67. The van der Waals surface area contributed by atoms with Gasteiger partial charge in [-0.3, -0.25) is 9.59 Å². The lowest BCUT2D eigenvalue weighted by Crippen LogP contribution is -2.56. The summed E-state index contributed by atoms with van der Waals surface area (Å²) in [6.07, 6.45) is 1.98. The first-order valence-corrected chi connectivity index (χ1v) is 11.5. The summed E-state index contributed by atoms with van der Waals surface area (Å²) in [7, 11) is 1.65. The monoisotopic (exact) mass is 445 g/mol. The zero-order valence-electron chi connectivity index (χ0n) is 19.7. The molecule has 3 aliphatic rings. The molecule has 32 heavy (non-hydrogen) atoms. The Bertz CT molecular complexity index is 894. The van der Waals surface area contributed by atoms with Gasteiger partial charge in [-0.1, -0.05) is 26.0 Å². The van der Waals surface area contributed by atoms with Crippen molar-refractivity contribution in [3.63, 3.8) is 0 Å². The lowest BCUT2D eigenvalue weighted by molar-refractivity contribution is -0.189. The molecule has 1 amide bonds. The second-order valence-corrected chi connectivity index (χ2v) is 10.8. The summed E-state index contributed by atoms with van der Waals surface area (Å²) in [6.45, 7) is 9.18. The van der Waals surface area contributed by atoms with Crippen molar-refractivity contribution in [2.24, 2.45) is 17.3 Å². The molecule has 1 N–H and O–H groups in total. The normalized spacial score (nSPS) is 28.6. The molecule has 0 radical (unpaired) electrons. The van der Waals surface area contributed by atoms with E-state index in [2.05, 4.69) is 19.9 Å². The smallest absolute Gasteiger partial charge is 0.303 e. The minimum Gasteiger partial charge on any atom is -0.493 e. The fraction of sp³-hybridized carbons (Fsp3) is 0.680. The van der Waals surface area contributed by atoms with Crippen molar-refractivity contribution >= 4 is 11.9 Å². The first kappa shape index (κ1) is 22.9. The van der Waals surface area contributed by atoms with Crippen molar-refractivity contribution in [1.29, 1.82) is 0 Å². The Hall–Kier alpha value is -2.28. The summed E-state index contributed by atoms with van der Waals surface area (Å²) >= 11 is 0. The Labute approximate surface area is 190 Å². The van der Waals surface area contributed by atoms with E-state index < -0.39 is 17.0 Å². The van der Waals surface area contributed by atoms with Gasteiger partial charge in [-0.2, -0.15) is 0 Å². The molecule has 3 heterocycles. The Morgan fingerprint density at radius 2 is 2.03 bits per heavy atom. The van der Waals surface area contributed by atoms with E-state index in [9.17, 15) is 9.59 Å². The van der Waals surface area contributed by atoms with Crippen LogP contribution in [0.25, 0.3) is 0 Å². The average molecular weight is 446 g/mol. The molecular weight excluding hydrogens is 410 g/mol. The number of fused-ring (bicyclic) bond motifs is 4. The predicted molar refractivity (Wildman–Crippen MR) is 119 cm³/mol. The summed E-state index contributed by atoms with van der Waals surface area (Å²) in [4.78, 5) is 26.0. The van der Waals surface area contributed by atoms with E-state index in [1.807, 2.05) is 30.9 Å². The molecule has 7 heteroatoms. The quantitative estimate of drug-likeness (QED) is 0.736. The number of ether oxygens (including phenoxy) is 3. The second kappa shape index (κ2) is 8.25. The van der Waals surface area contributed by atoms with E-state index in [-0.39, 0.29) is 42.8 Å². The van der Waals surface area contributed by atoms with Crippen LogP contribution >= 0.6 is 0 Å². The number of para-hydroxylation sites is 1. The highest BCUT2D eigenvalue weighted by atomic mass is 16.5. The van der Waals surface area contributed by atoms with Crippen molar-refractivity contribution < 1.29 is 28.9 Å². The van der Waals surface area contributed by atoms with Gasteiger partial charge < -0.3 is 24.2 Å². The van der Waals surface area contributed by atoms with Crippen LogP contribution in [0.4, 0.5) is 0 Å². The molecule has 4 rings (SSSR count). The molecule has 0 unspecified atom stereocenters. The number of hydrogen-bond acceptors (Lipinski definition) is 5. The number of likely N-dealkylation sites (tertiary alicyclic amines) is 1. The van der Waals surface area contributed by atoms with Crippen LogP contribution in [0, 0.1) is 17.3 Å². The largest absolute Gasteiger partial charge is 0.493 e. The maximum atomic E-state index is 13.0. The summed E-state index contributed by atoms with van der Waals surface area (Å²) in [5.41, 5.74) is 0.0594. The number of carboxylic acid groups (broad SMARTS) is 1. The summed E-state index contributed by atoms with van der Waals surface area (Å²) < 4.78 is 18.6. The Balaban J connectivity index is 1.50. The van der Waals surface area contributed by atoms with Crippen LogP contribution in [0.1, 0.15) is 65.0 Å². The predicted octanol–water partition coefficient (Wildman–Crippen LogP) is 4.05. The molecule has 176 valence electrons. The lowest BCUT2D eigenvalue weighted by Gasteiger charge is -2.53. The van der Waals surface area contributed by atoms with Crippen molar-refractivity contribution in [2.45, 2.75) is 71.2 Å². The van der Waals surface area contributed by atoms with E-state index in [4.69, 9.17) is 19.3 Å². The fourth-order valence-electron chi connectivity index (χ4n) is 5.67. The van der Waals surface area contributed by atoms with Gasteiger partial charge in [0.05, 0.1) is 25.7 Å². The molecule has 1 aromatic rings. The highest BCUT2D eigenvalue weighted by molar-refractivity contribution is 5.78. The van der Waals surface area contributed by atoms with Crippen molar-refractivity contribution in [3.05, 3.63) is 23.8 Å². The molecule has 0 aromatic heterocycles. The van der Waals surface area contributed by atoms with Crippen LogP contribution in [0.5, 0.6) is 11.5 Å². The number of nitrogens with zero attached hydrogens (tertiary/aromatic N) is 1. The van der Waals surface area contributed by atoms with E-state index in [1.54, 1.807) is 7.11 Å². The molecule has 0 spiro atoms. The molecule has 1 aromatic carbocycles. The minimum atomic E-state index is -0.871. The average Bonchev–Trinajstić information content (AvgIpc) is 2.70. The molecular formula is C25H35NO6. The number of amides is 1. The molecule has 3 aliphatic heterocycles. The summed E-state index contributed by atoms with van der Waals surface area (Å²) in [5.74, 6) is 1.07. The number of benzene rings is 1. The van der Waals surface area contributed by atoms with Crippen molar-refractivity contribution in [1.82, 2.24) is 4.90 Å². The topological polar surface area (TPSA) is 85.3 Å². The molecule has 7 nitrogen and oxygen atoms in total. The SMILES string of the molecule is COc1cccc2c1OC(C)(C)[C@H]1C[C@@H]3CN(C(=O)CC(C)(C)CC(=O)O)CC[C@@H]3O[C@H]21. The first-order valence-electron chi connectivity index (χ1n) is 11.5. The second-order valence-electron chi connectivity index (χ2n) is 10.8. The molecule has 0 saturated carbocycles. The van der Waals surface area contributed by atoms with Crippen LogP contribution in [-0.2, 0) is 14.3 Å². The number of piperidine rings is 1. The van der Waals surface area contributed by atoms with Gasteiger partial charge in [-0.15, -0.1) is 0 Å². The molecule has 0 aliphatic carbocycles. The first-order chi connectivity index (χ1) is 15.0. The lowest BCUT2D eigenvalue weighted by atomic mass is 9.70. The van der Waals surface area contributed by atoms with Gasteiger partial charge in [0.2, 0.25) is 5.91 Å². The van der Waals surface area contributed by atoms with Crippen molar-refractivity contribution in [3.8, 4) is 11.5 Å². The van der Waals surface area contributed by atoms with Crippen LogP contribution in [0.2, 0.25) is 0 Å². The van der Waals surface area contributed by atoms with Crippen molar-refractivity contribution in [2.75, 3.05) is 20.2 Å². The van der Waals surface area contributed by atoms with Gasteiger partial charge >= 0.3 is 5.97 Å². The zero-order chi connectivity index (χ0) is 23.3. The van der Waals surface area contributed by atoms with Gasteiger partial charge in [-0.25, -0.2) is 0 Å². The number of aliphatic carboxylic acids is 1. The van der Waals surface area contributed by atoms with Crippen LogP contribution < -0.4 is 9.47 Å². The number of methoxy groups -OCH3 is 1. The molecule has 4 atom stereocenters. The maximum absolute atomic E-state index is 13.0. The highest BCUT2D eigenvalue weighted by Crippen LogP contribution is 2.55.